The lowest BCUT2D eigenvalue weighted by molar-refractivity contribution is 0.262. The van der Waals surface area contributed by atoms with Crippen molar-refractivity contribution in [3.05, 3.63) is 85.1 Å². The molecular formula is C28H25N9O2. The normalized spacial score (nSPS) is 11.6. The molecule has 0 fully saturated rings. The van der Waals surface area contributed by atoms with Gasteiger partial charge in [0.1, 0.15) is 23.3 Å². The molecule has 0 unspecified atom stereocenters. The van der Waals surface area contributed by atoms with Crippen LogP contribution in [-0.2, 0) is 5.41 Å². The van der Waals surface area contributed by atoms with E-state index in [1.54, 1.807) is 41.3 Å². The Labute approximate surface area is 223 Å². The molecule has 6 aromatic rings. The molecule has 11 nitrogen and oxygen atoms in total. The van der Waals surface area contributed by atoms with Crippen molar-refractivity contribution in [3.8, 4) is 17.3 Å². The number of pyridine rings is 1. The van der Waals surface area contributed by atoms with Gasteiger partial charge in [-0.05, 0) is 42.5 Å². The molecule has 0 aliphatic carbocycles. The van der Waals surface area contributed by atoms with E-state index in [1.165, 1.54) is 6.33 Å². The second-order valence-electron chi connectivity index (χ2n) is 9.97. The van der Waals surface area contributed by atoms with E-state index >= 15 is 0 Å². The first-order valence-electron chi connectivity index (χ1n) is 12.3. The van der Waals surface area contributed by atoms with E-state index in [2.05, 4.69) is 56.6 Å². The summed E-state index contributed by atoms with van der Waals surface area (Å²) in [5.41, 5.74) is 3.45. The number of urea groups is 1. The van der Waals surface area contributed by atoms with Crippen molar-refractivity contribution in [1.82, 2.24) is 34.9 Å². The summed E-state index contributed by atoms with van der Waals surface area (Å²) in [7, 11) is 0. The smallest absolute Gasteiger partial charge is 0.324 e. The summed E-state index contributed by atoms with van der Waals surface area (Å²) in [5.74, 6) is 1.49. The Morgan fingerprint density at radius 2 is 1.82 bits per heavy atom. The van der Waals surface area contributed by atoms with Crippen molar-refractivity contribution >= 4 is 39.5 Å². The minimum Gasteiger partial charge on any atom is -0.438 e. The minimum atomic E-state index is -0.403. The fourth-order valence-electron chi connectivity index (χ4n) is 4.04. The molecule has 0 aliphatic heterocycles. The van der Waals surface area contributed by atoms with Crippen molar-refractivity contribution < 1.29 is 9.53 Å². The van der Waals surface area contributed by atoms with Crippen LogP contribution < -0.4 is 15.4 Å². The van der Waals surface area contributed by atoms with E-state index < -0.39 is 6.03 Å². The number of fused-ring (bicyclic) bond motifs is 2. The Morgan fingerprint density at radius 3 is 2.64 bits per heavy atom. The number of H-pyrrole nitrogens is 1. The number of nitrogens with zero attached hydrogens (tertiary/aromatic N) is 6. The number of hydrogen-bond acceptors (Lipinski definition) is 7. The third-order valence-corrected chi connectivity index (χ3v) is 6.09. The van der Waals surface area contributed by atoms with Crippen LogP contribution in [0, 0.1) is 0 Å². The maximum absolute atomic E-state index is 13.0. The molecule has 11 heteroatoms. The topological polar surface area (TPSA) is 136 Å². The first-order valence-corrected chi connectivity index (χ1v) is 12.3. The molecular weight excluding hydrogens is 494 g/mol. The second-order valence-corrected chi connectivity index (χ2v) is 9.97. The number of rotatable bonds is 5. The number of aromatic nitrogens is 7. The summed E-state index contributed by atoms with van der Waals surface area (Å²) in [5, 5.41) is 19.1. The van der Waals surface area contributed by atoms with Crippen molar-refractivity contribution in [2.45, 2.75) is 26.2 Å². The Bertz CT molecular complexity index is 1800. The standard InChI is InChI=1S/C28H25N9O2/c1-28(2,3)23-14-24(37(36-23)19-9-6-17-5-4-12-29-22(17)13-19)34-27(38)33-18-7-10-20(11-8-18)39-26-21-15-32-35-25(21)30-16-31-26/h4-16H,1-3H3,(H2,33,34,38)(H,30,31,32,35). The summed E-state index contributed by atoms with van der Waals surface area (Å²) < 4.78 is 7.61. The van der Waals surface area contributed by atoms with Gasteiger partial charge >= 0.3 is 6.03 Å². The van der Waals surface area contributed by atoms with Gasteiger partial charge in [0.05, 0.1) is 23.1 Å². The molecule has 4 heterocycles. The number of carbonyl (C=O) groups excluding carboxylic acids is 1. The Hall–Kier alpha value is -5.32. The summed E-state index contributed by atoms with van der Waals surface area (Å²) in [6.07, 6.45) is 4.76. The second kappa shape index (κ2) is 9.53. The van der Waals surface area contributed by atoms with Crippen molar-refractivity contribution in [3.63, 3.8) is 0 Å². The van der Waals surface area contributed by atoms with Crippen LogP contribution in [0.1, 0.15) is 26.5 Å². The highest BCUT2D eigenvalue weighted by Gasteiger charge is 2.22. The highest BCUT2D eigenvalue weighted by Crippen LogP contribution is 2.29. The summed E-state index contributed by atoms with van der Waals surface area (Å²) in [6, 6.07) is 18.3. The van der Waals surface area contributed by atoms with Crippen LogP contribution in [0.4, 0.5) is 16.3 Å². The highest BCUT2D eigenvalue weighted by molar-refractivity contribution is 5.99. The van der Waals surface area contributed by atoms with Gasteiger partial charge in [-0.1, -0.05) is 32.9 Å². The molecule has 4 aromatic heterocycles. The lowest BCUT2D eigenvalue weighted by Gasteiger charge is -2.14. The number of amides is 2. The fourth-order valence-corrected chi connectivity index (χ4v) is 4.04. The molecule has 0 aliphatic rings. The number of benzene rings is 2. The van der Waals surface area contributed by atoms with Crippen molar-refractivity contribution in [1.29, 1.82) is 0 Å². The summed E-state index contributed by atoms with van der Waals surface area (Å²) >= 11 is 0. The van der Waals surface area contributed by atoms with Gasteiger partial charge in [-0.25, -0.2) is 19.4 Å². The van der Waals surface area contributed by atoms with Crippen LogP contribution in [-0.4, -0.2) is 41.0 Å². The van der Waals surface area contributed by atoms with E-state index in [4.69, 9.17) is 9.84 Å². The average Bonchev–Trinajstić information content (AvgIpc) is 3.58. The van der Waals surface area contributed by atoms with Gasteiger partial charge in [-0.15, -0.1) is 0 Å². The van der Waals surface area contributed by atoms with E-state index in [-0.39, 0.29) is 5.41 Å². The summed E-state index contributed by atoms with van der Waals surface area (Å²) in [4.78, 5) is 25.7. The van der Waals surface area contributed by atoms with Crippen LogP contribution in [0.15, 0.2) is 79.4 Å². The number of aromatic amines is 1. The largest absolute Gasteiger partial charge is 0.438 e. The monoisotopic (exact) mass is 519 g/mol. The van der Waals surface area contributed by atoms with Crippen LogP contribution in [0.3, 0.4) is 0 Å². The zero-order valence-corrected chi connectivity index (χ0v) is 21.5. The van der Waals surface area contributed by atoms with Gasteiger partial charge in [0.15, 0.2) is 5.65 Å². The van der Waals surface area contributed by atoms with Gasteiger partial charge in [0.25, 0.3) is 0 Å². The highest BCUT2D eigenvalue weighted by atomic mass is 16.5. The summed E-state index contributed by atoms with van der Waals surface area (Å²) in [6.45, 7) is 6.23. The molecule has 0 saturated heterocycles. The Morgan fingerprint density at radius 1 is 0.974 bits per heavy atom. The molecule has 2 amide bonds. The van der Waals surface area contributed by atoms with E-state index in [0.717, 1.165) is 22.3 Å². The fraction of sp³-hybridized carbons (Fsp3) is 0.143. The molecule has 194 valence electrons. The van der Waals surface area contributed by atoms with Gasteiger partial charge < -0.3 is 10.1 Å². The van der Waals surface area contributed by atoms with Gasteiger partial charge in [0.2, 0.25) is 5.88 Å². The SMILES string of the molecule is CC(C)(C)c1cc(NC(=O)Nc2ccc(Oc3ncnc4[nH]ncc34)cc2)n(-c2ccc3cccnc3c2)n1. The van der Waals surface area contributed by atoms with Gasteiger partial charge in [-0.2, -0.15) is 10.2 Å². The molecule has 2 aromatic carbocycles. The molecule has 0 atom stereocenters. The van der Waals surface area contributed by atoms with E-state index in [9.17, 15) is 4.79 Å². The number of anilines is 2. The third-order valence-electron chi connectivity index (χ3n) is 6.09. The number of hydrogen-bond donors (Lipinski definition) is 3. The average molecular weight is 520 g/mol. The maximum atomic E-state index is 13.0. The van der Waals surface area contributed by atoms with E-state index in [0.29, 0.717) is 34.2 Å². The lowest BCUT2D eigenvalue weighted by Crippen LogP contribution is -2.21. The molecule has 39 heavy (non-hydrogen) atoms. The molecule has 6 rings (SSSR count). The van der Waals surface area contributed by atoms with Crippen LogP contribution in [0.5, 0.6) is 11.6 Å². The Kier molecular flexibility index (Phi) is 5.87. The van der Waals surface area contributed by atoms with Gasteiger partial charge in [0, 0.05) is 28.8 Å². The predicted molar refractivity (Wildman–Crippen MR) is 148 cm³/mol. The van der Waals surface area contributed by atoms with Crippen molar-refractivity contribution in [2.24, 2.45) is 0 Å². The zero-order chi connectivity index (χ0) is 27.0. The van der Waals surface area contributed by atoms with E-state index in [1.807, 2.05) is 36.4 Å². The van der Waals surface area contributed by atoms with Crippen molar-refractivity contribution in [2.75, 3.05) is 10.6 Å². The maximum Gasteiger partial charge on any atom is 0.324 e. The minimum absolute atomic E-state index is 0.213. The number of nitrogens with one attached hydrogen (secondary N) is 3. The lowest BCUT2D eigenvalue weighted by atomic mass is 9.92. The van der Waals surface area contributed by atoms with Crippen LogP contribution >= 0.6 is 0 Å². The molecule has 0 radical (unpaired) electrons. The van der Waals surface area contributed by atoms with Crippen LogP contribution in [0.2, 0.25) is 0 Å². The van der Waals surface area contributed by atoms with Gasteiger partial charge in [-0.3, -0.25) is 15.4 Å². The number of carbonyl (C=O) groups is 1. The zero-order valence-electron chi connectivity index (χ0n) is 21.5. The van der Waals surface area contributed by atoms with Crippen LogP contribution in [0.25, 0.3) is 27.6 Å². The quantitative estimate of drug-likeness (QED) is 0.261. The molecule has 0 saturated carbocycles. The Balaban J connectivity index is 1.20. The predicted octanol–water partition coefficient (Wildman–Crippen LogP) is 5.82. The molecule has 3 N–H and O–H groups in total. The molecule has 0 bridgehead atoms. The first kappa shape index (κ1) is 24.0. The first-order chi connectivity index (χ1) is 18.8. The number of ether oxygens (including phenoxy) is 1. The third kappa shape index (κ3) is 4.97. The molecule has 0 spiro atoms.